The molecule has 0 radical (unpaired) electrons. The SMILES string of the molecule is CN1CCC(N(C)Cc2cc(-c3cnccn3)ccc2O)CC1. The van der Waals surface area contributed by atoms with Gasteiger partial charge in [0.05, 0.1) is 11.9 Å². The van der Waals surface area contributed by atoms with Crippen molar-refractivity contribution in [3.05, 3.63) is 42.4 Å². The van der Waals surface area contributed by atoms with Crippen LogP contribution in [0.25, 0.3) is 11.3 Å². The van der Waals surface area contributed by atoms with E-state index in [2.05, 4.69) is 33.9 Å². The maximum Gasteiger partial charge on any atom is 0.120 e. The third-order valence-corrected chi connectivity index (χ3v) is 4.67. The van der Waals surface area contributed by atoms with Crippen molar-refractivity contribution in [1.29, 1.82) is 0 Å². The molecule has 0 saturated carbocycles. The van der Waals surface area contributed by atoms with E-state index in [4.69, 9.17) is 0 Å². The van der Waals surface area contributed by atoms with E-state index < -0.39 is 0 Å². The molecule has 1 aromatic heterocycles. The van der Waals surface area contributed by atoms with Gasteiger partial charge in [-0.05, 0) is 58.2 Å². The molecule has 1 aliphatic heterocycles. The van der Waals surface area contributed by atoms with Crippen molar-refractivity contribution in [3.63, 3.8) is 0 Å². The van der Waals surface area contributed by atoms with Gasteiger partial charge in [0.15, 0.2) is 0 Å². The van der Waals surface area contributed by atoms with Crippen LogP contribution < -0.4 is 0 Å². The minimum absolute atomic E-state index is 0.345. The van der Waals surface area contributed by atoms with E-state index >= 15 is 0 Å². The van der Waals surface area contributed by atoms with Crippen LogP contribution in [0, 0.1) is 0 Å². The molecule has 2 heterocycles. The molecule has 1 saturated heterocycles. The highest BCUT2D eigenvalue weighted by Gasteiger charge is 2.21. The molecule has 0 amide bonds. The smallest absolute Gasteiger partial charge is 0.120 e. The molecule has 0 aliphatic carbocycles. The van der Waals surface area contributed by atoms with Gasteiger partial charge in [0.25, 0.3) is 0 Å². The summed E-state index contributed by atoms with van der Waals surface area (Å²) in [5, 5.41) is 10.2. The van der Waals surface area contributed by atoms with Crippen LogP contribution in [0.15, 0.2) is 36.8 Å². The summed E-state index contributed by atoms with van der Waals surface area (Å²) in [6.07, 6.45) is 7.46. The van der Waals surface area contributed by atoms with Gasteiger partial charge in [-0.1, -0.05) is 0 Å². The summed E-state index contributed by atoms with van der Waals surface area (Å²) in [5.41, 5.74) is 2.76. The lowest BCUT2D eigenvalue weighted by Crippen LogP contribution is -2.41. The molecule has 1 fully saturated rings. The number of aromatic nitrogens is 2. The van der Waals surface area contributed by atoms with E-state index in [1.165, 1.54) is 12.8 Å². The van der Waals surface area contributed by atoms with Gasteiger partial charge in [-0.2, -0.15) is 0 Å². The van der Waals surface area contributed by atoms with E-state index in [9.17, 15) is 5.11 Å². The molecular formula is C18H24N4O. The molecule has 0 atom stereocenters. The van der Waals surface area contributed by atoms with Gasteiger partial charge in [0, 0.05) is 36.1 Å². The van der Waals surface area contributed by atoms with Crippen LogP contribution in [0.3, 0.4) is 0 Å². The Labute approximate surface area is 137 Å². The summed E-state index contributed by atoms with van der Waals surface area (Å²) in [7, 11) is 4.32. The van der Waals surface area contributed by atoms with Gasteiger partial charge in [0.2, 0.25) is 0 Å². The topological polar surface area (TPSA) is 52.5 Å². The predicted octanol–water partition coefficient (Wildman–Crippen LogP) is 2.38. The third-order valence-electron chi connectivity index (χ3n) is 4.67. The van der Waals surface area contributed by atoms with E-state index in [0.29, 0.717) is 11.8 Å². The van der Waals surface area contributed by atoms with E-state index in [0.717, 1.165) is 36.5 Å². The fourth-order valence-corrected chi connectivity index (χ4v) is 3.15. The number of phenols is 1. The first kappa shape index (κ1) is 15.9. The average molecular weight is 312 g/mol. The highest BCUT2D eigenvalue weighted by Crippen LogP contribution is 2.26. The minimum Gasteiger partial charge on any atom is -0.508 e. The monoisotopic (exact) mass is 312 g/mol. The molecule has 23 heavy (non-hydrogen) atoms. The molecule has 1 aliphatic rings. The Hall–Kier alpha value is -1.98. The van der Waals surface area contributed by atoms with Crippen molar-refractivity contribution in [1.82, 2.24) is 19.8 Å². The lowest BCUT2D eigenvalue weighted by molar-refractivity contribution is 0.138. The van der Waals surface area contributed by atoms with Gasteiger partial charge in [-0.3, -0.25) is 14.9 Å². The Morgan fingerprint density at radius 1 is 1.26 bits per heavy atom. The van der Waals surface area contributed by atoms with Crippen molar-refractivity contribution >= 4 is 0 Å². The zero-order valence-corrected chi connectivity index (χ0v) is 13.8. The van der Waals surface area contributed by atoms with Crippen LogP contribution >= 0.6 is 0 Å². The van der Waals surface area contributed by atoms with Crippen molar-refractivity contribution in [3.8, 4) is 17.0 Å². The minimum atomic E-state index is 0.345. The highest BCUT2D eigenvalue weighted by molar-refractivity contribution is 5.60. The predicted molar refractivity (Wildman–Crippen MR) is 91.1 cm³/mol. The second-order valence-electron chi connectivity index (χ2n) is 6.38. The first-order chi connectivity index (χ1) is 11.1. The fourth-order valence-electron chi connectivity index (χ4n) is 3.15. The molecule has 0 spiro atoms. The van der Waals surface area contributed by atoms with Crippen LogP contribution in [0.4, 0.5) is 0 Å². The molecule has 1 N–H and O–H groups in total. The first-order valence-electron chi connectivity index (χ1n) is 8.10. The van der Waals surface area contributed by atoms with Gasteiger partial charge >= 0.3 is 0 Å². The number of hydrogen-bond donors (Lipinski definition) is 1. The number of piperidine rings is 1. The summed E-state index contributed by atoms with van der Waals surface area (Å²) in [6, 6.07) is 6.23. The zero-order chi connectivity index (χ0) is 16.2. The molecule has 2 aromatic rings. The second kappa shape index (κ2) is 7.06. The quantitative estimate of drug-likeness (QED) is 0.939. The summed E-state index contributed by atoms with van der Waals surface area (Å²) in [6.45, 7) is 3.02. The Morgan fingerprint density at radius 2 is 2.04 bits per heavy atom. The largest absolute Gasteiger partial charge is 0.508 e. The van der Waals surface area contributed by atoms with Gasteiger partial charge in [-0.25, -0.2) is 0 Å². The number of nitrogens with zero attached hydrogens (tertiary/aromatic N) is 4. The van der Waals surface area contributed by atoms with Gasteiger partial charge < -0.3 is 10.0 Å². The number of hydrogen-bond acceptors (Lipinski definition) is 5. The summed E-state index contributed by atoms with van der Waals surface area (Å²) in [5.74, 6) is 0.345. The van der Waals surface area contributed by atoms with Gasteiger partial charge in [-0.15, -0.1) is 0 Å². The molecule has 1 aromatic carbocycles. The van der Waals surface area contributed by atoms with Crippen LogP contribution in [0.2, 0.25) is 0 Å². The van der Waals surface area contributed by atoms with E-state index in [-0.39, 0.29) is 0 Å². The average Bonchev–Trinajstić information content (AvgIpc) is 2.58. The summed E-state index contributed by atoms with van der Waals surface area (Å²) in [4.78, 5) is 13.2. The lowest BCUT2D eigenvalue weighted by atomic mass is 10.0. The van der Waals surface area contributed by atoms with Crippen LogP contribution in [0.1, 0.15) is 18.4 Å². The normalized spacial score (nSPS) is 16.8. The third kappa shape index (κ3) is 3.86. The van der Waals surface area contributed by atoms with Crippen molar-refractivity contribution < 1.29 is 5.11 Å². The number of rotatable bonds is 4. The molecule has 3 rings (SSSR count). The molecule has 0 unspecified atom stereocenters. The first-order valence-corrected chi connectivity index (χ1v) is 8.10. The van der Waals surface area contributed by atoms with Crippen molar-refractivity contribution in [2.45, 2.75) is 25.4 Å². The summed E-state index contributed by atoms with van der Waals surface area (Å²) >= 11 is 0. The number of phenolic OH excluding ortho intramolecular Hbond substituents is 1. The molecule has 5 nitrogen and oxygen atoms in total. The Kier molecular flexibility index (Phi) is 4.88. The highest BCUT2D eigenvalue weighted by atomic mass is 16.3. The fraction of sp³-hybridized carbons (Fsp3) is 0.444. The molecular weight excluding hydrogens is 288 g/mol. The molecule has 0 bridgehead atoms. The molecule has 5 heteroatoms. The number of likely N-dealkylation sites (tertiary alicyclic amines) is 1. The maximum atomic E-state index is 10.2. The van der Waals surface area contributed by atoms with Crippen LogP contribution in [-0.2, 0) is 6.54 Å². The molecule has 122 valence electrons. The maximum absolute atomic E-state index is 10.2. The second-order valence-corrected chi connectivity index (χ2v) is 6.38. The standard InChI is InChI=1S/C18H24N4O/c1-21-9-5-16(6-10-21)22(2)13-15-11-14(3-4-18(15)23)17-12-19-7-8-20-17/h3-4,7-8,11-12,16,23H,5-6,9-10,13H2,1-2H3. The number of benzene rings is 1. The van der Waals surface area contributed by atoms with Gasteiger partial charge in [0.1, 0.15) is 5.75 Å². The van der Waals surface area contributed by atoms with E-state index in [1.54, 1.807) is 24.7 Å². The van der Waals surface area contributed by atoms with Crippen molar-refractivity contribution in [2.75, 3.05) is 27.2 Å². The van der Waals surface area contributed by atoms with Crippen molar-refractivity contribution in [2.24, 2.45) is 0 Å². The lowest BCUT2D eigenvalue weighted by Gasteiger charge is -2.35. The Bertz CT molecular complexity index is 639. The Morgan fingerprint density at radius 3 is 2.74 bits per heavy atom. The van der Waals surface area contributed by atoms with Crippen LogP contribution in [-0.4, -0.2) is 58.1 Å². The van der Waals surface area contributed by atoms with E-state index in [1.807, 2.05) is 12.1 Å². The zero-order valence-electron chi connectivity index (χ0n) is 13.8. The Balaban J connectivity index is 1.74. The summed E-state index contributed by atoms with van der Waals surface area (Å²) < 4.78 is 0. The number of aromatic hydroxyl groups is 1. The van der Waals surface area contributed by atoms with Crippen LogP contribution in [0.5, 0.6) is 5.75 Å².